The lowest BCUT2D eigenvalue weighted by Gasteiger charge is -2.24. The molecule has 0 saturated heterocycles. The van der Waals surface area contributed by atoms with E-state index in [1.165, 1.54) is 31.3 Å². The highest BCUT2D eigenvalue weighted by atomic mass is 16.3. The van der Waals surface area contributed by atoms with Crippen LogP contribution in [0.5, 0.6) is 0 Å². The SMILES string of the molecule is O=C(NCCC1=CCCCC1)N[C@H]1CCCc2c1cnn2CCO. The largest absolute Gasteiger partial charge is 0.394 e. The van der Waals surface area contributed by atoms with Gasteiger partial charge in [-0.3, -0.25) is 4.68 Å². The van der Waals surface area contributed by atoms with Crippen molar-refractivity contribution in [3.8, 4) is 0 Å². The molecular weight excluding hydrogens is 304 g/mol. The summed E-state index contributed by atoms with van der Waals surface area (Å²) in [6.07, 6.45) is 13.0. The first kappa shape index (κ1) is 17.0. The fraction of sp³-hybridized carbons (Fsp3) is 0.667. The van der Waals surface area contributed by atoms with E-state index in [4.69, 9.17) is 5.11 Å². The minimum absolute atomic E-state index is 0.0232. The Kier molecular flexibility index (Phi) is 5.91. The number of carbonyl (C=O) groups is 1. The van der Waals surface area contributed by atoms with Crippen molar-refractivity contribution in [2.75, 3.05) is 13.2 Å². The molecule has 0 radical (unpaired) electrons. The summed E-state index contributed by atoms with van der Waals surface area (Å²) < 4.78 is 1.86. The molecule has 0 saturated carbocycles. The Morgan fingerprint density at radius 1 is 1.33 bits per heavy atom. The van der Waals surface area contributed by atoms with Gasteiger partial charge < -0.3 is 15.7 Å². The first-order valence-electron chi connectivity index (χ1n) is 9.15. The van der Waals surface area contributed by atoms with Gasteiger partial charge in [-0.05, 0) is 51.4 Å². The Morgan fingerprint density at radius 3 is 3.04 bits per heavy atom. The van der Waals surface area contributed by atoms with Crippen LogP contribution >= 0.6 is 0 Å². The number of fused-ring (bicyclic) bond motifs is 1. The van der Waals surface area contributed by atoms with Crippen LogP contribution in [0.4, 0.5) is 4.79 Å². The topological polar surface area (TPSA) is 79.2 Å². The molecule has 1 aromatic heterocycles. The summed E-state index contributed by atoms with van der Waals surface area (Å²) in [4.78, 5) is 12.2. The Labute approximate surface area is 143 Å². The van der Waals surface area contributed by atoms with E-state index in [1.54, 1.807) is 0 Å². The van der Waals surface area contributed by atoms with Gasteiger partial charge in [-0.25, -0.2) is 4.79 Å². The lowest BCUT2D eigenvalue weighted by atomic mass is 9.93. The minimum Gasteiger partial charge on any atom is -0.394 e. The smallest absolute Gasteiger partial charge is 0.315 e. The van der Waals surface area contributed by atoms with Crippen molar-refractivity contribution >= 4 is 6.03 Å². The second-order valence-corrected chi connectivity index (χ2v) is 6.70. The number of allylic oxidation sites excluding steroid dienone is 1. The van der Waals surface area contributed by atoms with Crippen molar-refractivity contribution in [2.24, 2.45) is 0 Å². The molecule has 0 bridgehead atoms. The van der Waals surface area contributed by atoms with Crippen molar-refractivity contribution in [1.29, 1.82) is 0 Å². The van der Waals surface area contributed by atoms with E-state index in [1.807, 2.05) is 10.9 Å². The molecule has 6 heteroatoms. The lowest BCUT2D eigenvalue weighted by Crippen LogP contribution is -2.39. The molecular formula is C18H28N4O2. The van der Waals surface area contributed by atoms with Gasteiger partial charge >= 0.3 is 6.03 Å². The van der Waals surface area contributed by atoms with Gasteiger partial charge in [0.25, 0.3) is 0 Å². The molecule has 0 aromatic carbocycles. The van der Waals surface area contributed by atoms with Gasteiger partial charge in [0.05, 0.1) is 25.4 Å². The Morgan fingerprint density at radius 2 is 2.25 bits per heavy atom. The predicted molar refractivity (Wildman–Crippen MR) is 92.7 cm³/mol. The van der Waals surface area contributed by atoms with Crippen LogP contribution in [0, 0.1) is 0 Å². The van der Waals surface area contributed by atoms with Gasteiger partial charge in [0.2, 0.25) is 0 Å². The van der Waals surface area contributed by atoms with Gasteiger partial charge in [0, 0.05) is 17.8 Å². The van der Waals surface area contributed by atoms with Crippen molar-refractivity contribution in [3.63, 3.8) is 0 Å². The lowest BCUT2D eigenvalue weighted by molar-refractivity contribution is 0.235. The summed E-state index contributed by atoms with van der Waals surface area (Å²) in [6.45, 7) is 1.30. The zero-order valence-corrected chi connectivity index (χ0v) is 14.3. The molecule has 6 nitrogen and oxygen atoms in total. The van der Waals surface area contributed by atoms with E-state index in [0.29, 0.717) is 13.1 Å². The molecule has 3 N–H and O–H groups in total. The second-order valence-electron chi connectivity index (χ2n) is 6.70. The molecule has 24 heavy (non-hydrogen) atoms. The number of aliphatic hydroxyl groups is 1. The normalized spacial score (nSPS) is 20.2. The van der Waals surface area contributed by atoms with Gasteiger partial charge in [-0.2, -0.15) is 5.10 Å². The highest BCUT2D eigenvalue weighted by Crippen LogP contribution is 2.29. The fourth-order valence-corrected chi connectivity index (χ4v) is 3.73. The molecule has 1 atom stereocenters. The van der Waals surface area contributed by atoms with Crippen molar-refractivity contribution < 1.29 is 9.90 Å². The van der Waals surface area contributed by atoms with Crippen molar-refractivity contribution in [2.45, 2.75) is 64.0 Å². The number of nitrogens with one attached hydrogen (secondary N) is 2. The van der Waals surface area contributed by atoms with Crippen molar-refractivity contribution in [1.82, 2.24) is 20.4 Å². The van der Waals surface area contributed by atoms with Gasteiger partial charge in [0.1, 0.15) is 0 Å². The maximum absolute atomic E-state index is 12.2. The summed E-state index contributed by atoms with van der Waals surface area (Å²) >= 11 is 0. The Hall–Kier alpha value is -1.82. The van der Waals surface area contributed by atoms with Crippen LogP contribution < -0.4 is 10.6 Å². The quantitative estimate of drug-likeness (QED) is 0.700. The Balaban J connectivity index is 1.49. The van der Waals surface area contributed by atoms with Gasteiger partial charge in [-0.15, -0.1) is 0 Å². The van der Waals surface area contributed by atoms with E-state index >= 15 is 0 Å². The summed E-state index contributed by atoms with van der Waals surface area (Å²) in [5.41, 5.74) is 3.72. The molecule has 2 amide bonds. The van der Waals surface area contributed by atoms with E-state index in [0.717, 1.165) is 36.9 Å². The number of hydrogen-bond acceptors (Lipinski definition) is 3. The molecule has 132 valence electrons. The average Bonchev–Trinajstić information content (AvgIpc) is 3.00. The number of urea groups is 1. The van der Waals surface area contributed by atoms with Crippen LogP contribution in [0.3, 0.4) is 0 Å². The third-order valence-electron chi connectivity index (χ3n) is 5.00. The number of aromatic nitrogens is 2. The predicted octanol–water partition coefficient (Wildman–Crippen LogP) is 2.44. The van der Waals surface area contributed by atoms with Crippen LogP contribution in [0.25, 0.3) is 0 Å². The van der Waals surface area contributed by atoms with E-state index in [2.05, 4.69) is 21.8 Å². The van der Waals surface area contributed by atoms with Crippen LogP contribution in [-0.4, -0.2) is 34.1 Å². The van der Waals surface area contributed by atoms with Crippen LogP contribution in [0.2, 0.25) is 0 Å². The zero-order valence-electron chi connectivity index (χ0n) is 14.3. The molecule has 0 aliphatic heterocycles. The third-order valence-corrected chi connectivity index (χ3v) is 5.00. The first-order valence-corrected chi connectivity index (χ1v) is 9.15. The molecule has 1 aromatic rings. The summed E-state index contributed by atoms with van der Waals surface area (Å²) in [6, 6.07) is -0.0748. The highest BCUT2D eigenvalue weighted by molar-refractivity contribution is 5.74. The summed E-state index contributed by atoms with van der Waals surface area (Å²) in [5, 5.41) is 19.5. The van der Waals surface area contributed by atoms with E-state index in [-0.39, 0.29) is 18.7 Å². The number of carbonyl (C=O) groups excluding carboxylic acids is 1. The minimum atomic E-state index is -0.0980. The number of amides is 2. The number of nitrogens with zero attached hydrogens (tertiary/aromatic N) is 2. The number of aliphatic hydroxyl groups excluding tert-OH is 1. The molecule has 0 unspecified atom stereocenters. The second kappa shape index (κ2) is 8.33. The first-order chi connectivity index (χ1) is 11.8. The molecule has 0 spiro atoms. The van der Waals surface area contributed by atoms with Crippen molar-refractivity contribution in [3.05, 3.63) is 29.1 Å². The maximum Gasteiger partial charge on any atom is 0.315 e. The van der Waals surface area contributed by atoms with Gasteiger partial charge in [-0.1, -0.05) is 11.6 Å². The Bertz CT molecular complexity index is 594. The molecule has 2 aliphatic carbocycles. The van der Waals surface area contributed by atoms with E-state index in [9.17, 15) is 4.79 Å². The molecule has 3 rings (SSSR count). The van der Waals surface area contributed by atoms with Crippen LogP contribution in [-0.2, 0) is 13.0 Å². The van der Waals surface area contributed by atoms with E-state index < -0.39 is 0 Å². The molecule has 1 heterocycles. The number of rotatable bonds is 6. The molecule has 0 fully saturated rings. The fourth-order valence-electron chi connectivity index (χ4n) is 3.73. The summed E-state index contributed by atoms with van der Waals surface area (Å²) in [7, 11) is 0. The molecule has 2 aliphatic rings. The van der Waals surface area contributed by atoms with Crippen LogP contribution in [0.1, 0.15) is 62.2 Å². The monoisotopic (exact) mass is 332 g/mol. The van der Waals surface area contributed by atoms with Crippen LogP contribution in [0.15, 0.2) is 17.8 Å². The number of hydrogen-bond donors (Lipinski definition) is 3. The zero-order chi connectivity index (χ0) is 16.8. The third kappa shape index (κ3) is 4.17. The average molecular weight is 332 g/mol. The highest BCUT2D eigenvalue weighted by Gasteiger charge is 2.25. The van der Waals surface area contributed by atoms with Gasteiger partial charge in [0.15, 0.2) is 0 Å². The maximum atomic E-state index is 12.2. The standard InChI is InChI=1S/C18H28N4O2/c23-12-11-22-17-8-4-7-16(15(17)13-20-22)21-18(24)19-10-9-14-5-2-1-3-6-14/h5,13,16,23H,1-4,6-12H2,(H2,19,21,24)/t16-/m0/s1. The summed E-state index contributed by atoms with van der Waals surface area (Å²) in [5.74, 6) is 0.